The number of rotatable bonds is 4. The van der Waals surface area contributed by atoms with Crippen molar-refractivity contribution in [3.8, 4) is 0 Å². The number of carboxylic acids is 1. The van der Waals surface area contributed by atoms with Crippen LogP contribution >= 0.6 is 0 Å². The lowest BCUT2D eigenvalue weighted by molar-refractivity contribution is -0.141. The maximum absolute atomic E-state index is 12.1. The molecule has 0 bridgehead atoms. The maximum atomic E-state index is 12.1. The van der Waals surface area contributed by atoms with Crippen molar-refractivity contribution in [2.24, 2.45) is 11.3 Å². The molecule has 6 nitrogen and oxygen atoms in total. The van der Waals surface area contributed by atoms with E-state index in [0.717, 1.165) is 5.92 Å². The monoisotopic (exact) mass is 268 g/mol. The molecule has 0 unspecified atom stereocenters. The Hall–Kier alpha value is -1.30. The van der Waals surface area contributed by atoms with Crippen molar-refractivity contribution in [3.05, 3.63) is 0 Å². The van der Waals surface area contributed by atoms with Crippen molar-refractivity contribution in [3.63, 3.8) is 0 Å². The third-order valence-electron chi connectivity index (χ3n) is 4.75. The van der Waals surface area contributed by atoms with Crippen LogP contribution in [0.4, 0.5) is 4.79 Å². The van der Waals surface area contributed by atoms with Gasteiger partial charge in [0.05, 0.1) is 6.10 Å². The fraction of sp³-hybridized carbons (Fsp3) is 0.846. The summed E-state index contributed by atoms with van der Waals surface area (Å²) >= 11 is 0. The third kappa shape index (κ3) is 2.41. The SMILES string of the molecule is O=C(O)[C@H]1C[C@@H](O)CN1C(=O)NCC1(C2CC2)CC1. The number of carboxylic acid groups (broad SMARTS) is 1. The van der Waals surface area contributed by atoms with Gasteiger partial charge in [-0.05, 0) is 37.0 Å². The molecule has 3 rings (SSSR count). The van der Waals surface area contributed by atoms with E-state index in [1.165, 1.54) is 30.6 Å². The van der Waals surface area contributed by atoms with Crippen molar-refractivity contribution in [1.29, 1.82) is 0 Å². The average molecular weight is 268 g/mol. The lowest BCUT2D eigenvalue weighted by Crippen LogP contribution is -2.47. The largest absolute Gasteiger partial charge is 0.480 e. The van der Waals surface area contributed by atoms with Gasteiger partial charge in [-0.3, -0.25) is 0 Å². The zero-order valence-corrected chi connectivity index (χ0v) is 10.8. The summed E-state index contributed by atoms with van der Waals surface area (Å²) in [6.45, 7) is 0.759. The van der Waals surface area contributed by atoms with Crippen LogP contribution < -0.4 is 5.32 Å². The molecule has 6 heteroatoms. The topological polar surface area (TPSA) is 89.9 Å². The van der Waals surface area contributed by atoms with Gasteiger partial charge in [0.2, 0.25) is 0 Å². The quantitative estimate of drug-likeness (QED) is 0.688. The molecule has 2 saturated carbocycles. The number of nitrogens with zero attached hydrogens (tertiary/aromatic N) is 1. The first-order valence-electron chi connectivity index (χ1n) is 6.97. The van der Waals surface area contributed by atoms with Crippen LogP contribution in [0.2, 0.25) is 0 Å². The van der Waals surface area contributed by atoms with E-state index in [-0.39, 0.29) is 19.0 Å². The second-order valence-electron chi connectivity index (χ2n) is 6.19. The Morgan fingerprint density at radius 2 is 2.00 bits per heavy atom. The summed E-state index contributed by atoms with van der Waals surface area (Å²) in [6, 6.07) is -1.25. The van der Waals surface area contributed by atoms with Crippen LogP contribution in [-0.4, -0.2) is 52.3 Å². The van der Waals surface area contributed by atoms with Gasteiger partial charge >= 0.3 is 12.0 Å². The molecule has 1 saturated heterocycles. The number of carbonyl (C=O) groups is 2. The maximum Gasteiger partial charge on any atom is 0.326 e. The zero-order chi connectivity index (χ0) is 13.6. The zero-order valence-electron chi connectivity index (χ0n) is 10.8. The second kappa shape index (κ2) is 4.37. The number of aliphatic carboxylic acids is 1. The Balaban J connectivity index is 1.56. The Morgan fingerprint density at radius 1 is 1.32 bits per heavy atom. The first-order valence-corrected chi connectivity index (χ1v) is 6.97. The summed E-state index contributed by atoms with van der Waals surface area (Å²) in [5.41, 5.74) is 0.298. The van der Waals surface area contributed by atoms with Gasteiger partial charge in [0, 0.05) is 19.5 Å². The van der Waals surface area contributed by atoms with Crippen LogP contribution in [0.1, 0.15) is 32.1 Å². The number of aliphatic hydroxyl groups excluding tert-OH is 1. The van der Waals surface area contributed by atoms with Gasteiger partial charge < -0.3 is 20.4 Å². The molecule has 2 amide bonds. The summed E-state index contributed by atoms with van der Waals surface area (Å²) < 4.78 is 0. The Bertz CT molecular complexity index is 403. The number of amides is 2. The minimum atomic E-state index is -1.05. The van der Waals surface area contributed by atoms with Crippen molar-refractivity contribution in [2.75, 3.05) is 13.1 Å². The standard InChI is InChI=1S/C13H20N2O4/c16-9-5-10(11(17)18)15(6-9)12(19)14-7-13(3-4-13)8-1-2-8/h8-10,16H,1-7H2,(H,14,19)(H,17,18)/t9-,10-/m1/s1. The summed E-state index contributed by atoms with van der Waals surface area (Å²) in [5, 5.41) is 21.4. The Labute approximate surface area is 111 Å². The van der Waals surface area contributed by atoms with Gasteiger partial charge in [-0.25, -0.2) is 9.59 Å². The minimum Gasteiger partial charge on any atom is -0.480 e. The van der Waals surface area contributed by atoms with Gasteiger partial charge in [0.15, 0.2) is 0 Å². The molecular weight excluding hydrogens is 248 g/mol. The van der Waals surface area contributed by atoms with Crippen molar-refractivity contribution >= 4 is 12.0 Å². The molecule has 3 aliphatic rings. The average Bonchev–Trinajstić information content (AvgIpc) is 3.23. The number of nitrogens with one attached hydrogen (secondary N) is 1. The normalized spacial score (nSPS) is 32.2. The van der Waals surface area contributed by atoms with Crippen LogP contribution in [0.3, 0.4) is 0 Å². The first-order chi connectivity index (χ1) is 9.02. The van der Waals surface area contributed by atoms with Gasteiger partial charge in [0.1, 0.15) is 6.04 Å². The van der Waals surface area contributed by atoms with E-state index < -0.39 is 18.1 Å². The van der Waals surface area contributed by atoms with Gasteiger partial charge in [0.25, 0.3) is 0 Å². The van der Waals surface area contributed by atoms with Crippen LogP contribution in [0.15, 0.2) is 0 Å². The van der Waals surface area contributed by atoms with Crippen LogP contribution in [0.25, 0.3) is 0 Å². The molecular formula is C13H20N2O4. The van der Waals surface area contributed by atoms with Crippen molar-refractivity contribution in [1.82, 2.24) is 10.2 Å². The van der Waals surface area contributed by atoms with Gasteiger partial charge in [-0.15, -0.1) is 0 Å². The summed E-state index contributed by atoms with van der Waals surface area (Å²) in [7, 11) is 0. The molecule has 0 aromatic carbocycles. The molecule has 1 aliphatic heterocycles. The van der Waals surface area contributed by atoms with Gasteiger partial charge in [-0.1, -0.05) is 0 Å². The number of aliphatic hydroxyl groups is 1. The highest BCUT2D eigenvalue weighted by Crippen LogP contribution is 2.60. The van der Waals surface area contributed by atoms with E-state index in [1.807, 2.05) is 0 Å². The predicted molar refractivity (Wildman–Crippen MR) is 66.5 cm³/mol. The number of urea groups is 1. The Kier molecular flexibility index (Phi) is 2.92. The predicted octanol–water partition coefficient (Wildman–Crippen LogP) is 0.406. The second-order valence-corrected chi connectivity index (χ2v) is 6.19. The van der Waals surface area contributed by atoms with Crippen molar-refractivity contribution in [2.45, 2.75) is 44.2 Å². The smallest absolute Gasteiger partial charge is 0.326 e. The summed E-state index contributed by atoms with van der Waals surface area (Å²) in [5.74, 6) is -0.290. The number of likely N-dealkylation sites (tertiary alicyclic amines) is 1. The molecule has 3 fully saturated rings. The molecule has 2 aliphatic carbocycles. The number of carbonyl (C=O) groups excluding carboxylic acids is 1. The molecule has 0 radical (unpaired) electrons. The highest BCUT2D eigenvalue weighted by Gasteiger charge is 2.53. The summed E-state index contributed by atoms with van der Waals surface area (Å²) in [4.78, 5) is 24.4. The third-order valence-corrected chi connectivity index (χ3v) is 4.75. The lowest BCUT2D eigenvalue weighted by atomic mass is 10.0. The molecule has 2 atom stereocenters. The molecule has 0 aromatic rings. The number of hydrogen-bond donors (Lipinski definition) is 3. The molecule has 0 spiro atoms. The minimum absolute atomic E-state index is 0.110. The summed E-state index contributed by atoms with van der Waals surface area (Å²) in [6.07, 6.45) is 4.25. The molecule has 106 valence electrons. The van der Waals surface area contributed by atoms with E-state index in [4.69, 9.17) is 5.11 Å². The number of hydrogen-bond acceptors (Lipinski definition) is 3. The fourth-order valence-corrected chi connectivity index (χ4v) is 3.21. The fourth-order valence-electron chi connectivity index (χ4n) is 3.21. The van der Waals surface area contributed by atoms with E-state index in [1.54, 1.807) is 0 Å². The molecule has 19 heavy (non-hydrogen) atoms. The first kappa shape index (κ1) is 12.7. The molecule has 3 N–H and O–H groups in total. The lowest BCUT2D eigenvalue weighted by Gasteiger charge is -2.23. The van der Waals surface area contributed by atoms with Crippen LogP contribution in [0.5, 0.6) is 0 Å². The number of β-amino-alcohol motifs (C(OH)–C–C–N with tert-alkyl or cyclic N) is 1. The van der Waals surface area contributed by atoms with E-state index in [9.17, 15) is 14.7 Å². The van der Waals surface area contributed by atoms with Crippen LogP contribution in [-0.2, 0) is 4.79 Å². The van der Waals surface area contributed by atoms with Gasteiger partial charge in [-0.2, -0.15) is 0 Å². The van der Waals surface area contributed by atoms with E-state index in [0.29, 0.717) is 12.0 Å². The van der Waals surface area contributed by atoms with Crippen LogP contribution in [0, 0.1) is 11.3 Å². The molecule has 0 aromatic heterocycles. The highest BCUT2D eigenvalue weighted by molar-refractivity contribution is 5.83. The highest BCUT2D eigenvalue weighted by atomic mass is 16.4. The van der Waals surface area contributed by atoms with E-state index >= 15 is 0 Å². The molecule has 1 heterocycles. The van der Waals surface area contributed by atoms with Crippen molar-refractivity contribution < 1.29 is 19.8 Å². The Morgan fingerprint density at radius 3 is 2.53 bits per heavy atom. The van der Waals surface area contributed by atoms with E-state index in [2.05, 4.69) is 5.32 Å².